The first-order chi connectivity index (χ1) is 13.1. The summed E-state index contributed by atoms with van der Waals surface area (Å²) in [4.78, 5) is 12.3. The van der Waals surface area contributed by atoms with Gasteiger partial charge in [-0.05, 0) is 24.3 Å². The first-order valence-electron chi connectivity index (χ1n) is 7.93. The van der Waals surface area contributed by atoms with Crippen molar-refractivity contribution >= 4 is 12.1 Å². The molecule has 1 amide bonds. The Morgan fingerprint density at radius 1 is 0.778 bits per heavy atom. The maximum Gasteiger partial charge on any atom is 0.271 e. The Hall–Kier alpha value is -3.42. The van der Waals surface area contributed by atoms with Crippen LogP contribution in [0.5, 0.6) is 28.7 Å². The summed E-state index contributed by atoms with van der Waals surface area (Å²) in [7, 11) is 7.62. The fourth-order valence-corrected chi connectivity index (χ4v) is 2.36. The van der Waals surface area contributed by atoms with Gasteiger partial charge in [0.2, 0.25) is 0 Å². The molecule has 0 heterocycles. The number of rotatable bonds is 8. The minimum absolute atomic E-state index is 0.379. The van der Waals surface area contributed by atoms with Crippen LogP contribution in [0.1, 0.15) is 15.9 Å². The average Bonchev–Trinajstić information content (AvgIpc) is 2.72. The summed E-state index contributed by atoms with van der Waals surface area (Å²) < 4.78 is 26.2. The number of ether oxygens (including phenoxy) is 5. The molecule has 0 fully saturated rings. The molecule has 0 aliphatic carbocycles. The molecule has 2 rings (SSSR count). The smallest absolute Gasteiger partial charge is 0.271 e. The van der Waals surface area contributed by atoms with Crippen molar-refractivity contribution in [3.63, 3.8) is 0 Å². The number of hydrogen-bond donors (Lipinski definition) is 1. The van der Waals surface area contributed by atoms with E-state index >= 15 is 0 Å². The van der Waals surface area contributed by atoms with Crippen LogP contribution in [-0.2, 0) is 0 Å². The van der Waals surface area contributed by atoms with Crippen LogP contribution in [-0.4, -0.2) is 47.7 Å². The molecule has 144 valence electrons. The number of hydrogen-bond acceptors (Lipinski definition) is 7. The second-order valence-electron chi connectivity index (χ2n) is 5.22. The Morgan fingerprint density at radius 3 is 1.93 bits per heavy atom. The molecule has 0 radical (unpaired) electrons. The second-order valence-corrected chi connectivity index (χ2v) is 5.22. The summed E-state index contributed by atoms with van der Waals surface area (Å²) in [6.45, 7) is 0. The van der Waals surface area contributed by atoms with Gasteiger partial charge >= 0.3 is 0 Å². The summed E-state index contributed by atoms with van der Waals surface area (Å²) >= 11 is 0. The molecular weight excluding hydrogens is 352 g/mol. The van der Waals surface area contributed by atoms with Crippen LogP contribution < -0.4 is 29.1 Å². The number of benzene rings is 2. The summed E-state index contributed by atoms with van der Waals surface area (Å²) in [5.41, 5.74) is 3.45. The van der Waals surface area contributed by atoms with Gasteiger partial charge in [0.1, 0.15) is 5.75 Å². The quantitative estimate of drug-likeness (QED) is 0.564. The third-order valence-corrected chi connectivity index (χ3v) is 3.75. The third kappa shape index (κ3) is 4.60. The lowest BCUT2D eigenvalue weighted by Gasteiger charge is -2.11. The second kappa shape index (κ2) is 9.33. The van der Waals surface area contributed by atoms with E-state index in [2.05, 4.69) is 10.5 Å². The molecule has 0 aromatic heterocycles. The van der Waals surface area contributed by atoms with E-state index < -0.39 is 5.91 Å². The normalized spacial score (nSPS) is 10.4. The van der Waals surface area contributed by atoms with Crippen molar-refractivity contribution in [2.24, 2.45) is 5.10 Å². The minimum atomic E-state index is -0.397. The van der Waals surface area contributed by atoms with Crippen molar-refractivity contribution in [3.05, 3.63) is 41.5 Å². The number of carbonyl (C=O) groups is 1. The molecule has 0 atom stereocenters. The van der Waals surface area contributed by atoms with Crippen LogP contribution in [0.15, 0.2) is 35.4 Å². The van der Waals surface area contributed by atoms with Gasteiger partial charge in [0.05, 0.1) is 41.8 Å². The van der Waals surface area contributed by atoms with E-state index in [-0.39, 0.29) is 0 Å². The van der Waals surface area contributed by atoms with Gasteiger partial charge in [-0.3, -0.25) is 4.79 Å². The molecular formula is C19H22N2O6. The van der Waals surface area contributed by atoms with Crippen LogP contribution in [0.3, 0.4) is 0 Å². The lowest BCUT2D eigenvalue weighted by Crippen LogP contribution is -2.17. The number of hydrazone groups is 1. The molecule has 0 saturated carbocycles. The first kappa shape index (κ1) is 19.9. The predicted octanol–water partition coefficient (Wildman–Crippen LogP) is 2.49. The van der Waals surface area contributed by atoms with Gasteiger partial charge in [0.25, 0.3) is 5.91 Å². The van der Waals surface area contributed by atoms with E-state index in [1.54, 1.807) is 30.3 Å². The van der Waals surface area contributed by atoms with E-state index in [1.165, 1.54) is 41.8 Å². The van der Waals surface area contributed by atoms with Crippen molar-refractivity contribution in [1.29, 1.82) is 0 Å². The largest absolute Gasteiger partial charge is 0.496 e. The Balaban J connectivity index is 2.18. The van der Waals surface area contributed by atoms with Crippen molar-refractivity contribution in [2.45, 2.75) is 0 Å². The van der Waals surface area contributed by atoms with Gasteiger partial charge < -0.3 is 23.7 Å². The lowest BCUT2D eigenvalue weighted by molar-refractivity contribution is 0.0954. The lowest BCUT2D eigenvalue weighted by atomic mass is 10.2. The highest BCUT2D eigenvalue weighted by Crippen LogP contribution is 2.33. The van der Waals surface area contributed by atoms with Crippen molar-refractivity contribution < 1.29 is 28.5 Å². The highest BCUT2D eigenvalue weighted by atomic mass is 16.5. The van der Waals surface area contributed by atoms with Gasteiger partial charge in [-0.2, -0.15) is 5.10 Å². The van der Waals surface area contributed by atoms with Crippen LogP contribution in [0.2, 0.25) is 0 Å². The molecule has 8 heteroatoms. The Bertz CT molecular complexity index is 835. The predicted molar refractivity (Wildman–Crippen MR) is 101 cm³/mol. The van der Waals surface area contributed by atoms with E-state index in [1.807, 2.05) is 0 Å². The first-order valence-corrected chi connectivity index (χ1v) is 7.93. The molecule has 0 aliphatic rings. The van der Waals surface area contributed by atoms with Crippen LogP contribution in [0.25, 0.3) is 0 Å². The third-order valence-electron chi connectivity index (χ3n) is 3.75. The Morgan fingerprint density at radius 2 is 1.33 bits per heavy atom. The summed E-state index contributed by atoms with van der Waals surface area (Å²) in [6, 6.07) is 8.21. The summed E-state index contributed by atoms with van der Waals surface area (Å²) in [5.74, 6) is 2.17. The zero-order chi connectivity index (χ0) is 19.8. The average molecular weight is 374 g/mol. The van der Waals surface area contributed by atoms with Crippen molar-refractivity contribution in [2.75, 3.05) is 35.5 Å². The highest BCUT2D eigenvalue weighted by Gasteiger charge is 2.12. The maximum atomic E-state index is 12.3. The molecule has 0 saturated heterocycles. The topological polar surface area (TPSA) is 87.6 Å². The van der Waals surface area contributed by atoms with Crippen LogP contribution in [0, 0.1) is 0 Å². The summed E-state index contributed by atoms with van der Waals surface area (Å²) in [6.07, 6.45) is 1.46. The number of carbonyl (C=O) groups excluding carboxylic acids is 1. The number of nitrogens with one attached hydrogen (secondary N) is 1. The van der Waals surface area contributed by atoms with E-state index in [9.17, 15) is 4.79 Å². The molecule has 1 N–H and O–H groups in total. The standard InChI is InChI=1S/C19H22N2O6/c1-23-14-7-6-12(8-16(14)25-3)19(22)21-20-11-13-9-17(26-4)18(27-5)10-15(13)24-2/h6-11H,1-5H3,(H,21,22)/b20-11+. The fourth-order valence-electron chi connectivity index (χ4n) is 2.36. The number of nitrogens with zero attached hydrogens (tertiary/aromatic N) is 1. The number of amides is 1. The van der Waals surface area contributed by atoms with Gasteiger partial charge in [-0.15, -0.1) is 0 Å². The molecule has 8 nitrogen and oxygen atoms in total. The van der Waals surface area contributed by atoms with Gasteiger partial charge in [-0.25, -0.2) is 5.43 Å². The van der Waals surface area contributed by atoms with E-state index in [0.29, 0.717) is 39.9 Å². The SMILES string of the molecule is COc1cc(OC)c(OC)cc1/C=N/NC(=O)c1ccc(OC)c(OC)c1. The number of methoxy groups -OCH3 is 5. The zero-order valence-corrected chi connectivity index (χ0v) is 15.9. The molecule has 2 aromatic carbocycles. The molecule has 0 unspecified atom stereocenters. The monoisotopic (exact) mass is 374 g/mol. The maximum absolute atomic E-state index is 12.3. The molecule has 0 aliphatic heterocycles. The van der Waals surface area contributed by atoms with Crippen LogP contribution in [0.4, 0.5) is 0 Å². The molecule has 0 bridgehead atoms. The van der Waals surface area contributed by atoms with Crippen LogP contribution >= 0.6 is 0 Å². The van der Waals surface area contributed by atoms with Gasteiger partial charge in [0.15, 0.2) is 23.0 Å². The van der Waals surface area contributed by atoms with Gasteiger partial charge in [-0.1, -0.05) is 0 Å². The molecule has 27 heavy (non-hydrogen) atoms. The highest BCUT2D eigenvalue weighted by molar-refractivity contribution is 5.95. The van der Waals surface area contributed by atoms with E-state index in [0.717, 1.165) is 0 Å². The Labute approximate surface area is 157 Å². The molecule has 0 spiro atoms. The van der Waals surface area contributed by atoms with Crippen molar-refractivity contribution in [1.82, 2.24) is 5.43 Å². The minimum Gasteiger partial charge on any atom is -0.496 e. The molecule has 2 aromatic rings. The summed E-state index contributed by atoms with van der Waals surface area (Å²) in [5, 5.41) is 3.98. The Kier molecular flexibility index (Phi) is 6.87. The van der Waals surface area contributed by atoms with Crippen molar-refractivity contribution in [3.8, 4) is 28.7 Å². The van der Waals surface area contributed by atoms with E-state index in [4.69, 9.17) is 23.7 Å². The fraction of sp³-hybridized carbons (Fsp3) is 0.263. The van der Waals surface area contributed by atoms with Gasteiger partial charge in [0, 0.05) is 17.2 Å². The zero-order valence-electron chi connectivity index (χ0n) is 15.9.